The first-order valence-electron chi connectivity index (χ1n) is 10.2. The van der Waals surface area contributed by atoms with Gasteiger partial charge in [0.2, 0.25) is 0 Å². The van der Waals surface area contributed by atoms with E-state index >= 15 is 0 Å². The molecule has 148 valence electrons. The van der Waals surface area contributed by atoms with Gasteiger partial charge in [0, 0.05) is 23.5 Å². The number of benzene rings is 3. The van der Waals surface area contributed by atoms with Crippen LogP contribution in [0.5, 0.6) is 0 Å². The number of nitrogens with zero attached hydrogens (tertiary/aromatic N) is 2. The van der Waals surface area contributed by atoms with E-state index < -0.39 is 0 Å². The SMILES string of the molecule is O=CC=Cc1ccc(-c2cn3cc(-c4ccccc4)cc(-c4ccccc4)c3n2)cc1. The minimum Gasteiger partial charge on any atom is -0.305 e. The van der Waals surface area contributed by atoms with E-state index in [1.807, 2.05) is 36.4 Å². The number of allylic oxidation sites excluding steroid dienone is 1. The molecule has 0 amide bonds. The minimum absolute atomic E-state index is 0.783. The fourth-order valence-electron chi connectivity index (χ4n) is 3.77. The van der Waals surface area contributed by atoms with Crippen LogP contribution in [0.15, 0.2) is 109 Å². The van der Waals surface area contributed by atoms with E-state index in [1.54, 1.807) is 6.08 Å². The molecular weight excluding hydrogens is 380 g/mol. The zero-order chi connectivity index (χ0) is 21.0. The molecule has 0 saturated carbocycles. The quantitative estimate of drug-likeness (QED) is 0.248. The summed E-state index contributed by atoms with van der Waals surface area (Å²) in [5.41, 5.74) is 8.39. The number of hydrogen-bond donors (Lipinski definition) is 0. The number of pyridine rings is 1. The van der Waals surface area contributed by atoms with Crippen molar-refractivity contribution in [3.63, 3.8) is 0 Å². The average Bonchev–Trinajstić information content (AvgIpc) is 3.28. The van der Waals surface area contributed by atoms with Gasteiger partial charge in [-0.3, -0.25) is 4.79 Å². The third kappa shape index (κ3) is 3.81. The second-order valence-corrected chi connectivity index (χ2v) is 7.35. The molecule has 0 unspecified atom stereocenters. The smallest absolute Gasteiger partial charge is 0.145 e. The Morgan fingerprint density at radius 3 is 2.03 bits per heavy atom. The molecule has 0 spiro atoms. The number of imidazole rings is 1. The molecule has 31 heavy (non-hydrogen) atoms. The van der Waals surface area contributed by atoms with Gasteiger partial charge < -0.3 is 4.40 Å². The van der Waals surface area contributed by atoms with Crippen molar-refractivity contribution in [1.82, 2.24) is 9.38 Å². The van der Waals surface area contributed by atoms with Crippen molar-refractivity contribution in [2.75, 3.05) is 0 Å². The molecule has 0 N–H and O–H groups in total. The molecular formula is C28H20N2O. The van der Waals surface area contributed by atoms with E-state index in [0.717, 1.165) is 45.4 Å². The Hall–Kier alpha value is -4.24. The third-order valence-corrected chi connectivity index (χ3v) is 5.32. The maximum absolute atomic E-state index is 10.5. The standard InChI is InChI=1S/C28H20N2O/c31-17-7-8-21-13-15-24(16-14-21)27-20-30-19-25(22-9-3-1-4-10-22)18-26(28(30)29-27)23-11-5-2-6-12-23/h1-20H. The summed E-state index contributed by atoms with van der Waals surface area (Å²) in [6, 6.07) is 31.0. The highest BCUT2D eigenvalue weighted by molar-refractivity contribution is 5.84. The van der Waals surface area contributed by atoms with Gasteiger partial charge in [0.1, 0.15) is 11.9 Å². The number of aldehydes is 1. The lowest BCUT2D eigenvalue weighted by molar-refractivity contribution is -0.104. The fraction of sp³-hybridized carbons (Fsp3) is 0. The molecule has 0 bridgehead atoms. The van der Waals surface area contributed by atoms with E-state index in [4.69, 9.17) is 4.98 Å². The van der Waals surface area contributed by atoms with E-state index in [1.165, 1.54) is 11.6 Å². The van der Waals surface area contributed by atoms with Crippen molar-refractivity contribution in [3.05, 3.63) is 115 Å². The maximum atomic E-state index is 10.5. The molecule has 0 aliphatic carbocycles. The summed E-state index contributed by atoms with van der Waals surface area (Å²) >= 11 is 0. The van der Waals surface area contributed by atoms with E-state index in [9.17, 15) is 4.79 Å². The van der Waals surface area contributed by atoms with Gasteiger partial charge in [-0.2, -0.15) is 0 Å². The largest absolute Gasteiger partial charge is 0.305 e. The summed E-state index contributed by atoms with van der Waals surface area (Å²) < 4.78 is 2.11. The van der Waals surface area contributed by atoms with Crippen LogP contribution in [0.2, 0.25) is 0 Å². The number of fused-ring (bicyclic) bond motifs is 1. The van der Waals surface area contributed by atoms with Gasteiger partial charge in [0.15, 0.2) is 0 Å². The Bertz CT molecular complexity index is 1370. The highest BCUT2D eigenvalue weighted by Crippen LogP contribution is 2.32. The second-order valence-electron chi connectivity index (χ2n) is 7.35. The first-order valence-corrected chi connectivity index (χ1v) is 10.2. The molecule has 3 nitrogen and oxygen atoms in total. The normalized spacial score (nSPS) is 11.2. The number of hydrogen-bond acceptors (Lipinski definition) is 2. The highest BCUT2D eigenvalue weighted by Gasteiger charge is 2.12. The lowest BCUT2D eigenvalue weighted by atomic mass is 10.0. The highest BCUT2D eigenvalue weighted by atomic mass is 16.1. The van der Waals surface area contributed by atoms with Gasteiger partial charge in [0.05, 0.1) is 5.69 Å². The minimum atomic E-state index is 0.783. The molecule has 2 aromatic heterocycles. The number of aromatic nitrogens is 2. The van der Waals surface area contributed by atoms with Gasteiger partial charge in [-0.1, -0.05) is 91.0 Å². The molecule has 3 aromatic carbocycles. The summed E-state index contributed by atoms with van der Waals surface area (Å²) in [4.78, 5) is 15.5. The summed E-state index contributed by atoms with van der Waals surface area (Å²) in [5.74, 6) is 0. The Labute approximate surface area is 181 Å². The van der Waals surface area contributed by atoms with Crippen LogP contribution < -0.4 is 0 Å². The van der Waals surface area contributed by atoms with Gasteiger partial charge in [-0.15, -0.1) is 0 Å². The molecule has 5 aromatic rings. The molecule has 3 heteroatoms. The predicted octanol–water partition coefficient (Wildman–Crippen LogP) is 6.55. The molecule has 0 radical (unpaired) electrons. The lowest BCUT2D eigenvalue weighted by Gasteiger charge is -2.09. The van der Waals surface area contributed by atoms with Crippen molar-refractivity contribution >= 4 is 18.0 Å². The Morgan fingerprint density at radius 1 is 0.677 bits per heavy atom. The van der Waals surface area contributed by atoms with Crippen LogP contribution in [-0.4, -0.2) is 15.7 Å². The van der Waals surface area contributed by atoms with Crippen LogP contribution in [0.1, 0.15) is 5.56 Å². The molecule has 0 saturated heterocycles. The van der Waals surface area contributed by atoms with Crippen molar-refractivity contribution in [3.8, 4) is 33.5 Å². The Morgan fingerprint density at radius 2 is 1.35 bits per heavy atom. The van der Waals surface area contributed by atoms with Crippen molar-refractivity contribution in [2.24, 2.45) is 0 Å². The van der Waals surface area contributed by atoms with Crippen molar-refractivity contribution < 1.29 is 4.79 Å². The van der Waals surface area contributed by atoms with Crippen molar-refractivity contribution in [2.45, 2.75) is 0 Å². The van der Waals surface area contributed by atoms with Crippen LogP contribution in [0, 0.1) is 0 Å². The zero-order valence-corrected chi connectivity index (χ0v) is 16.8. The van der Waals surface area contributed by atoms with Gasteiger partial charge in [-0.05, 0) is 34.4 Å². The molecule has 5 rings (SSSR count). The third-order valence-electron chi connectivity index (χ3n) is 5.32. The number of carbonyl (C=O) groups is 1. The van der Waals surface area contributed by atoms with Gasteiger partial charge in [-0.25, -0.2) is 4.98 Å². The van der Waals surface area contributed by atoms with Crippen molar-refractivity contribution in [1.29, 1.82) is 0 Å². The number of rotatable bonds is 5. The average molecular weight is 400 g/mol. The molecule has 0 fully saturated rings. The van der Waals surface area contributed by atoms with E-state index in [-0.39, 0.29) is 0 Å². The zero-order valence-electron chi connectivity index (χ0n) is 16.8. The first-order chi connectivity index (χ1) is 15.3. The Kier molecular flexibility index (Phi) is 4.99. The Balaban J connectivity index is 1.66. The maximum Gasteiger partial charge on any atom is 0.145 e. The second kappa shape index (κ2) is 8.25. The summed E-state index contributed by atoms with van der Waals surface area (Å²) in [5, 5.41) is 0. The summed E-state index contributed by atoms with van der Waals surface area (Å²) in [6.45, 7) is 0. The molecule has 2 heterocycles. The molecule has 0 atom stereocenters. The fourth-order valence-corrected chi connectivity index (χ4v) is 3.77. The summed E-state index contributed by atoms with van der Waals surface area (Å²) in [6.07, 6.45) is 8.28. The van der Waals surface area contributed by atoms with Gasteiger partial charge in [0.25, 0.3) is 0 Å². The predicted molar refractivity (Wildman–Crippen MR) is 127 cm³/mol. The monoisotopic (exact) mass is 400 g/mol. The lowest BCUT2D eigenvalue weighted by Crippen LogP contribution is -1.90. The van der Waals surface area contributed by atoms with E-state index in [0.29, 0.717) is 0 Å². The summed E-state index contributed by atoms with van der Waals surface area (Å²) in [7, 11) is 0. The van der Waals surface area contributed by atoms with Crippen LogP contribution in [0.3, 0.4) is 0 Å². The number of carbonyl (C=O) groups excluding carboxylic acids is 1. The van der Waals surface area contributed by atoms with Crippen LogP contribution >= 0.6 is 0 Å². The van der Waals surface area contributed by atoms with Crippen LogP contribution in [0.25, 0.3) is 45.2 Å². The van der Waals surface area contributed by atoms with Gasteiger partial charge >= 0.3 is 0 Å². The van der Waals surface area contributed by atoms with E-state index in [2.05, 4.69) is 71.4 Å². The van der Waals surface area contributed by atoms with Crippen LogP contribution in [-0.2, 0) is 4.79 Å². The molecule has 0 aliphatic rings. The molecule has 0 aliphatic heterocycles. The van der Waals surface area contributed by atoms with Crippen LogP contribution in [0.4, 0.5) is 0 Å². The first kappa shape index (κ1) is 18.8. The topological polar surface area (TPSA) is 34.4 Å².